The highest BCUT2D eigenvalue weighted by atomic mass is 16.5. The van der Waals surface area contributed by atoms with Crippen LogP contribution in [-0.2, 0) is 16.2 Å². The molecule has 1 heterocycles. The van der Waals surface area contributed by atoms with Crippen LogP contribution in [0.4, 0.5) is 4.79 Å². The Kier molecular flexibility index (Phi) is 4.60. The Morgan fingerprint density at radius 1 is 0.786 bits per heavy atom. The summed E-state index contributed by atoms with van der Waals surface area (Å²) in [5.74, 6) is -0.766. The van der Waals surface area contributed by atoms with Gasteiger partial charge in [-0.1, -0.05) is 54.6 Å². The molecular weight excluding hydrogens is 356 g/mol. The lowest BCUT2D eigenvalue weighted by Crippen LogP contribution is -2.51. The van der Waals surface area contributed by atoms with E-state index < -0.39 is 17.8 Å². The van der Waals surface area contributed by atoms with E-state index in [2.05, 4.69) is 18.2 Å². The van der Waals surface area contributed by atoms with E-state index in [-0.39, 0.29) is 5.57 Å². The fourth-order valence-electron chi connectivity index (χ4n) is 3.01. The number of fused-ring (bicyclic) bond motifs is 1. The molecule has 4 rings (SSSR count). The van der Waals surface area contributed by atoms with Crippen LogP contribution in [0.5, 0.6) is 5.75 Å². The van der Waals surface area contributed by atoms with E-state index in [9.17, 15) is 14.4 Å². The average molecular weight is 372 g/mol. The topological polar surface area (TPSA) is 84.5 Å². The fraction of sp³-hybridized carbons (Fsp3) is 0.0455. The number of barbiturate groups is 1. The number of benzene rings is 3. The van der Waals surface area contributed by atoms with Gasteiger partial charge in [-0.2, -0.15) is 0 Å². The summed E-state index contributed by atoms with van der Waals surface area (Å²) in [6, 6.07) is 20.4. The fourth-order valence-corrected chi connectivity index (χ4v) is 3.01. The molecule has 0 bridgehead atoms. The highest BCUT2D eigenvalue weighted by Gasteiger charge is 2.27. The van der Waals surface area contributed by atoms with E-state index >= 15 is 0 Å². The molecule has 0 atom stereocenters. The number of imide groups is 2. The predicted molar refractivity (Wildman–Crippen MR) is 104 cm³/mol. The third-order valence-corrected chi connectivity index (χ3v) is 4.41. The summed E-state index contributed by atoms with van der Waals surface area (Å²) >= 11 is 0. The minimum absolute atomic E-state index is 0.121. The molecule has 0 radical (unpaired) electrons. The van der Waals surface area contributed by atoms with Gasteiger partial charge in [0.25, 0.3) is 11.8 Å². The molecule has 0 aliphatic carbocycles. The van der Waals surface area contributed by atoms with E-state index in [0.717, 1.165) is 16.3 Å². The number of hydrogen-bond donors (Lipinski definition) is 2. The first kappa shape index (κ1) is 17.5. The minimum Gasteiger partial charge on any atom is -0.489 e. The molecule has 2 N–H and O–H groups in total. The van der Waals surface area contributed by atoms with Gasteiger partial charge >= 0.3 is 6.03 Å². The van der Waals surface area contributed by atoms with Crippen LogP contribution < -0.4 is 15.4 Å². The third-order valence-electron chi connectivity index (χ3n) is 4.41. The number of carbonyl (C=O) groups is 3. The molecule has 3 aromatic carbocycles. The number of ether oxygens (including phenoxy) is 1. The first-order chi connectivity index (χ1) is 13.6. The molecule has 0 spiro atoms. The largest absolute Gasteiger partial charge is 0.489 e. The second-order valence-electron chi connectivity index (χ2n) is 6.29. The lowest BCUT2D eigenvalue weighted by Gasteiger charge is -2.14. The van der Waals surface area contributed by atoms with Gasteiger partial charge in [-0.25, -0.2) is 4.79 Å². The van der Waals surface area contributed by atoms with Crippen LogP contribution in [0.3, 0.4) is 0 Å². The molecule has 1 saturated heterocycles. The lowest BCUT2D eigenvalue weighted by molar-refractivity contribution is -0.123. The second-order valence-corrected chi connectivity index (χ2v) is 6.29. The van der Waals surface area contributed by atoms with Gasteiger partial charge in [0, 0.05) is 0 Å². The molecular formula is C22H16N2O4. The van der Waals surface area contributed by atoms with Crippen molar-refractivity contribution in [3.05, 3.63) is 83.4 Å². The Balaban J connectivity index is 1.48. The zero-order valence-corrected chi connectivity index (χ0v) is 14.8. The number of hydrogen-bond acceptors (Lipinski definition) is 4. The number of urea groups is 1. The molecule has 6 nitrogen and oxygen atoms in total. The maximum Gasteiger partial charge on any atom is 0.328 e. The van der Waals surface area contributed by atoms with Crippen molar-refractivity contribution in [1.82, 2.24) is 10.6 Å². The number of carbonyl (C=O) groups excluding carboxylic acids is 3. The summed E-state index contributed by atoms with van der Waals surface area (Å²) in [5, 5.41) is 6.39. The van der Waals surface area contributed by atoms with Crippen LogP contribution in [0.15, 0.2) is 72.3 Å². The highest BCUT2D eigenvalue weighted by Crippen LogP contribution is 2.21. The number of nitrogens with one attached hydrogen (secondary N) is 2. The van der Waals surface area contributed by atoms with Crippen LogP contribution >= 0.6 is 0 Å². The van der Waals surface area contributed by atoms with E-state index in [1.54, 1.807) is 24.3 Å². The molecule has 6 heteroatoms. The first-order valence-electron chi connectivity index (χ1n) is 8.68. The summed E-state index contributed by atoms with van der Waals surface area (Å²) in [6.45, 7) is 0.425. The van der Waals surface area contributed by atoms with Crippen molar-refractivity contribution in [3.8, 4) is 5.75 Å². The van der Waals surface area contributed by atoms with Crippen molar-refractivity contribution in [2.24, 2.45) is 0 Å². The Morgan fingerprint density at radius 2 is 1.46 bits per heavy atom. The summed E-state index contributed by atoms with van der Waals surface area (Å²) in [7, 11) is 0. The zero-order chi connectivity index (χ0) is 19.5. The van der Waals surface area contributed by atoms with Crippen molar-refractivity contribution in [2.75, 3.05) is 0 Å². The van der Waals surface area contributed by atoms with Gasteiger partial charge in [-0.3, -0.25) is 20.2 Å². The van der Waals surface area contributed by atoms with E-state index in [0.29, 0.717) is 17.9 Å². The van der Waals surface area contributed by atoms with Crippen LogP contribution in [0, 0.1) is 0 Å². The van der Waals surface area contributed by atoms with E-state index in [4.69, 9.17) is 4.74 Å². The second kappa shape index (κ2) is 7.36. The molecule has 1 fully saturated rings. The maximum atomic E-state index is 11.8. The van der Waals surface area contributed by atoms with E-state index in [1.165, 1.54) is 6.08 Å². The van der Waals surface area contributed by atoms with Crippen molar-refractivity contribution in [3.63, 3.8) is 0 Å². The minimum atomic E-state index is -0.815. The van der Waals surface area contributed by atoms with Crippen molar-refractivity contribution >= 4 is 34.7 Å². The van der Waals surface area contributed by atoms with Gasteiger partial charge in [0.05, 0.1) is 0 Å². The Bertz CT molecular complexity index is 1090. The van der Waals surface area contributed by atoms with E-state index in [1.807, 2.05) is 34.9 Å². The first-order valence-corrected chi connectivity index (χ1v) is 8.68. The SMILES string of the molecule is O=C1NC(=O)C(=Cc2ccc(OCc3cccc4ccccc34)cc2)C(=O)N1. The van der Waals surface area contributed by atoms with Gasteiger partial charge in [-0.15, -0.1) is 0 Å². The summed E-state index contributed by atoms with van der Waals surface area (Å²) in [6.07, 6.45) is 1.42. The Labute approximate surface area is 160 Å². The summed E-state index contributed by atoms with van der Waals surface area (Å²) in [4.78, 5) is 34.6. The third kappa shape index (κ3) is 3.61. The van der Waals surface area contributed by atoms with Crippen molar-refractivity contribution in [2.45, 2.75) is 6.61 Å². The molecule has 4 amide bonds. The van der Waals surface area contributed by atoms with Gasteiger partial charge < -0.3 is 4.74 Å². The quantitative estimate of drug-likeness (QED) is 0.544. The van der Waals surface area contributed by atoms with Gasteiger partial charge in [0.2, 0.25) is 0 Å². The lowest BCUT2D eigenvalue weighted by atomic mass is 10.1. The molecule has 0 saturated carbocycles. The molecule has 28 heavy (non-hydrogen) atoms. The molecule has 3 aromatic rings. The normalized spacial score (nSPS) is 13.9. The molecule has 138 valence electrons. The summed E-state index contributed by atoms with van der Waals surface area (Å²) < 4.78 is 5.88. The average Bonchev–Trinajstić information content (AvgIpc) is 2.70. The van der Waals surface area contributed by atoms with Crippen LogP contribution in [-0.4, -0.2) is 17.8 Å². The van der Waals surface area contributed by atoms with Crippen LogP contribution in [0.25, 0.3) is 16.8 Å². The van der Waals surface area contributed by atoms with Gasteiger partial charge in [-0.05, 0) is 40.1 Å². The van der Waals surface area contributed by atoms with Crippen LogP contribution in [0.2, 0.25) is 0 Å². The molecule has 0 aromatic heterocycles. The Morgan fingerprint density at radius 3 is 2.21 bits per heavy atom. The Hall–Kier alpha value is -3.93. The smallest absolute Gasteiger partial charge is 0.328 e. The maximum absolute atomic E-state index is 11.8. The monoisotopic (exact) mass is 372 g/mol. The molecule has 1 aliphatic heterocycles. The zero-order valence-electron chi connectivity index (χ0n) is 14.8. The van der Waals surface area contributed by atoms with Gasteiger partial charge in [0.15, 0.2) is 0 Å². The number of rotatable bonds is 4. The molecule has 0 unspecified atom stereocenters. The summed E-state index contributed by atoms with van der Waals surface area (Å²) in [5.41, 5.74) is 1.61. The van der Waals surface area contributed by atoms with Crippen molar-refractivity contribution < 1.29 is 19.1 Å². The standard InChI is InChI=1S/C22H16N2O4/c25-20-19(21(26)24-22(27)23-20)12-14-8-10-17(11-9-14)28-13-16-6-3-5-15-4-1-2-7-18(15)16/h1-12H,13H2,(H2,23,24,25,26,27). The van der Waals surface area contributed by atoms with Gasteiger partial charge in [0.1, 0.15) is 17.9 Å². The number of amides is 4. The predicted octanol–water partition coefficient (Wildman–Crippen LogP) is 3.17. The molecule has 1 aliphatic rings. The van der Waals surface area contributed by atoms with Crippen molar-refractivity contribution in [1.29, 1.82) is 0 Å². The highest BCUT2D eigenvalue weighted by molar-refractivity contribution is 6.31. The van der Waals surface area contributed by atoms with Crippen LogP contribution in [0.1, 0.15) is 11.1 Å².